The minimum absolute atomic E-state index is 0.204. The summed E-state index contributed by atoms with van der Waals surface area (Å²) in [4.78, 5) is 27.6. The van der Waals surface area contributed by atoms with Crippen molar-refractivity contribution in [1.29, 1.82) is 0 Å². The number of ether oxygens (including phenoxy) is 4. The van der Waals surface area contributed by atoms with Gasteiger partial charge in [0.25, 0.3) is 5.91 Å². The van der Waals surface area contributed by atoms with Crippen LogP contribution in [0.4, 0.5) is 5.69 Å². The van der Waals surface area contributed by atoms with Crippen molar-refractivity contribution in [3.8, 4) is 17.2 Å². The highest BCUT2D eigenvalue weighted by molar-refractivity contribution is 6.23. The maximum absolute atomic E-state index is 13.4. The number of amides is 1. The summed E-state index contributed by atoms with van der Waals surface area (Å²) in [5.74, 6) is 0.896. The van der Waals surface area contributed by atoms with Crippen LogP contribution in [0.5, 0.6) is 17.2 Å². The van der Waals surface area contributed by atoms with Crippen LogP contribution in [0.3, 0.4) is 0 Å². The number of allylic oxidation sites excluding steroid dienone is 1. The summed E-state index contributed by atoms with van der Waals surface area (Å²) in [6.45, 7) is 3.66. The molecule has 31 heavy (non-hydrogen) atoms. The topological polar surface area (TPSA) is 74.3 Å². The largest absolute Gasteiger partial charge is 0.497 e. The minimum Gasteiger partial charge on any atom is -0.497 e. The smallest absolute Gasteiger partial charge is 0.340 e. The number of hydrogen-bond donors (Lipinski definition) is 0. The average Bonchev–Trinajstić information content (AvgIpc) is 3.03. The van der Waals surface area contributed by atoms with Gasteiger partial charge in [-0.15, -0.1) is 0 Å². The predicted molar refractivity (Wildman–Crippen MR) is 117 cm³/mol. The molecule has 0 fully saturated rings. The van der Waals surface area contributed by atoms with Crippen LogP contribution in [0.1, 0.15) is 19.4 Å². The Hall–Kier alpha value is -3.74. The summed E-state index contributed by atoms with van der Waals surface area (Å²) in [6, 6.07) is 12.3. The van der Waals surface area contributed by atoms with Gasteiger partial charge in [-0.05, 0) is 61.9 Å². The number of hydrogen-bond acceptors (Lipinski definition) is 6. The van der Waals surface area contributed by atoms with Crippen molar-refractivity contribution < 1.29 is 28.5 Å². The Balaban J connectivity index is 2.10. The molecule has 1 aliphatic heterocycles. The van der Waals surface area contributed by atoms with E-state index in [1.54, 1.807) is 76.6 Å². The SMILES string of the molecule is CCOC(=O)C1=C(C)N(c2ccc(OC)cc2)C(=O)/C1=C/c1ccc(OC)c(OC)c1. The fourth-order valence-corrected chi connectivity index (χ4v) is 3.43. The monoisotopic (exact) mass is 423 g/mol. The molecule has 0 bridgehead atoms. The van der Waals surface area contributed by atoms with Crippen molar-refractivity contribution in [2.24, 2.45) is 0 Å². The minimum atomic E-state index is -0.545. The third kappa shape index (κ3) is 4.26. The molecule has 1 aliphatic rings. The lowest BCUT2D eigenvalue weighted by Crippen LogP contribution is -2.24. The Morgan fingerprint density at radius 1 is 0.968 bits per heavy atom. The van der Waals surface area contributed by atoms with E-state index in [1.165, 1.54) is 12.0 Å². The van der Waals surface area contributed by atoms with E-state index >= 15 is 0 Å². The van der Waals surface area contributed by atoms with Gasteiger partial charge in [-0.25, -0.2) is 4.79 Å². The molecule has 0 saturated carbocycles. The first kappa shape index (κ1) is 22.0. The fraction of sp³-hybridized carbons (Fsp3) is 0.250. The molecule has 3 rings (SSSR count). The fourth-order valence-electron chi connectivity index (χ4n) is 3.43. The molecular formula is C24H25NO6. The van der Waals surface area contributed by atoms with Gasteiger partial charge >= 0.3 is 5.97 Å². The Labute approximate surface area is 181 Å². The number of anilines is 1. The molecule has 2 aromatic rings. The second-order valence-corrected chi connectivity index (χ2v) is 6.69. The lowest BCUT2D eigenvalue weighted by Gasteiger charge is -2.18. The molecule has 0 unspecified atom stereocenters. The van der Waals surface area contributed by atoms with E-state index in [4.69, 9.17) is 18.9 Å². The number of esters is 1. The van der Waals surface area contributed by atoms with Crippen LogP contribution in [0, 0.1) is 0 Å². The van der Waals surface area contributed by atoms with Gasteiger partial charge in [0.1, 0.15) is 5.75 Å². The van der Waals surface area contributed by atoms with Crippen molar-refractivity contribution in [3.63, 3.8) is 0 Å². The van der Waals surface area contributed by atoms with Gasteiger partial charge in [0, 0.05) is 11.4 Å². The van der Waals surface area contributed by atoms with Crippen LogP contribution in [-0.2, 0) is 14.3 Å². The number of carbonyl (C=O) groups is 2. The number of nitrogens with zero attached hydrogens (tertiary/aromatic N) is 1. The van der Waals surface area contributed by atoms with Crippen molar-refractivity contribution in [1.82, 2.24) is 0 Å². The number of carbonyl (C=O) groups excluding carboxylic acids is 2. The Kier molecular flexibility index (Phi) is 6.65. The van der Waals surface area contributed by atoms with Gasteiger partial charge in [-0.1, -0.05) is 6.07 Å². The number of methoxy groups -OCH3 is 3. The van der Waals surface area contributed by atoms with Crippen LogP contribution in [0.15, 0.2) is 59.3 Å². The lowest BCUT2D eigenvalue weighted by molar-refractivity contribution is -0.138. The quantitative estimate of drug-likeness (QED) is 0.495. The van der Waals surface area contributed by atoms with Gasteiger partial charge in [-0.3, -0.25) is 9.69 Å². The second kappa shape index (κ2) is 9.38. The molecule has 0 aromatic heterocycles. The maximum Gasteiger partial charge on any atom is 0.340 e. The molecule has 0 atom stereocenters. The zero-order chi connectivity index (χ0) is 22.5. The first-order valence-corrected chi connectivity index (χ1v) is 9.75. The normalized spacial score (nSPS) is 14.8. The zero-order valence-corrected chi connectivity index (χ0v) is 18.2. The van der Waals surface area contributed by atoms with Crippen molar-refractivity contribution in [2.45, 2.75) is 13.8 Å². The summed E-state index contributed by atoms with van der Waals surface area (Å²) < 4.78 is 21.0. The second-order valence-electron chi connectivity index (χ2n) is 6.69. The summed E-state index contributed by atoms with van der Waals surface area (Å²) in [6.07, 6.45) is 1.66. The van der Waals surface area contributed by atoms with Crippen LogP contribution in [-0.4, -0.2) is 39.8 Å². The average molecular weight is 423 g/mol. The van der Waals surface area contributed by atoms with E-state index in [9.17, 15) is 9.59 Å². The lowest BCUT2D eigenvalue weighted by atomic mass is 10.0. The number of benzene rings is 2. The van der Waals surface area contributed by atoms with E-state index in [0.29, 0.717) is 34.2 Å². The van der Waals surface area contributed by atoms with Crippen molar-refractivity contribution in [3.05, 3.63) is 64.9 Å². The number of rotatable bonds is 7. The molecule has 1 amide bonds. The molecule has 0 saturated heterocycles. The van der Waals surface area contributed by atoms with Crippen molar-refractivity contribution in [2.75, 3.05) is 32.8 Å². The zero-order valence-electron chi connectivity index (χ0n) is 18.2. The van der Waals surface area contributed by atoms with Crippen LogP contribution in [0.2, 0.25) is 0 Å². The van der Waals surface area contributed by atoms with Gasteiger partial charge < -0.3 is 18.9 Å². The van der Waals surface area contributed by atoms with Gasteiger partial charge in [0.2, 0.25) is 0 Å². The predicted octanol–water partition coefficient (Wildman–Crippen LogP) is 3.98. The molecular weight excluding hydrogens is 398 g/mol. The van der Waals surface area contributed by atoms with E-state index < -0.39 is 5.97 Å². The van der Waals surface area contributed by atoms with E-state index in [-0.39, 0.29) is 23.7 Å². The molecule has 7 heteroatoms. The van der Waals surface area contributed by atoms with Gasteiger partial charge in [0.15, 0.2) is 11.5 Å². The Bertz CT molecular complexity index is 1050. The summed E-state index contributed by atoms with van der Waals surface area (Å²) >= 11 is 0. The van der Waals surface area contributed by atoms with Crippen LogP contribution >= 0.6 is 0 Å². The first-order chi connectivity index (χ1) is 14.9. The molecule has 1 heterocycles. The molecule has 7 nitrogen and oxygen atoms in total. The third-order valence-corrected chi connectivity index (χ3v) is 4.93. The van der Waals surface area contributed by atoms with Gasteiger partial charge in [-0.2, -0.15) is 0 Å². The highest BCUT2D eigenvalue weighted by Gasteiger charge is 2.38. The highest BCUT2D eigenvalue weighted by Crippen LogP contribution is 2.37. The highest BCUT2D eigenvalue weighted by atomic mass is 16.5. The van der Waals surface area contributed by atoms with Crippen molar-refractivity contribution >= 4 is 23.6 Å². The Morgan fingerprint density at radius 2 is 1.65 bits per heavy atom. The van der Waals surface area contributed by atoms with E-state index in [1.807, 2.05) is 0 Å². The molecule has 0 spiro atoms. The summed E-state index contributed by atoms with van der Waals surface area (Å²) in [7, 11) is 4.66. The van der Waals surface area contributed by atoms with Gasteiger partial charge in [0.05, 0.1) is 39.1 Å². The van der Waals surface area contributed by atoms with E-state index in [0.717, 1.165) is 0 Å². The van der Waals surface area contributed by atoms with Crippen LogP contribution in [0.25, 0.3) is 6.08 Å². The molecule has 0 N–H and O–H groups in total. The van der Waals surface area contributed by atoms with E-state index in [2.05, 4.69) is 0 Å². The molecule has 162 valence electrons. The Morgan fingerprint density at radius 3 is 2.23 bits per heavy atom. The summed E-state index contributed by atoms with van der Waals surface area (Å²) in [5.41, 5.74) is 2.30. The van der Waals surface area contributed by atoms with Crippen LogP contribution < -0.4 is 19.1 Å². The first-order valence-electron chi connectivity index (χ1n) is 9.75. The maximum atomic E-state index is 13.4. The standard InChI is InChI=1S/C24H25NO6/c1-6-31-24(27)22-15(2)25(17-8-10-18(28-3)11-9-17)23(26)19(22)13-16-7-12-20(29-4)21(14-16)30-5/h7-14H,6H2,1-5H3/b19-13+. The third-order valence-electron chi connectivity index (χ3n) is 4.93. The summed E-state index contributed by atoms with van der Waals surface area (Å²) in [5, 5.41) is 0. The molecule has 2 aromatic carbocycles. The molecule has 0 aliphatic carbocycles. The molecule has 0 radical (unpaired) electrons.